The molecule has 2 aromatic heterocycles. The summed E-state index contributed by atoms with van der Waals surface area (Å²) in [7, 11) is 0. The van der Waals surface area contributed by atoms with Crippen molar-refractivity contribution in [1.82, 2.24) is 10.1 Å². The Morgan fingerprint density at radius 2 is 1.93 bits per heavy atom. The van der Waals surface area contributed by atoms with Crippen molar-refractivity contribution in [3.63, 3.8) is 0 Å². The summed E-state index contributed by atoms with van der Waals surface area (Å²) in [6, 6.07) is 9.48. The number of hydrogen-bond acceptors (Lipinski definition) is 7. The van der Waals surface area contributed by atoms with Crippen LogP contribution in [0.1, 0.15) is 84.0 Å². The first-order valence-corrected chi connectivity index (χ1v) is 16.0. The molecule has 4 aromatic rings. The molecule has 2 aromatic carbocycles. The maximum Gasteiger partial charge on any atom is 0.335 e. The summed E-state index contributed by atoms with van der Waals surface area (Å²) in [5, 5.41) is 16.2. The molecule has 8 rings (SSSR count). The first kappa shape index (κ1) is 26.0. The lowest BCUT2D eigenvalue weighted by Crippen LogP contribution is -2.38. The molecule has 3 atom stereocenters. The third-order valence-electron chi connectivity index (χ3n) is 9.44. The van der Waals surface area contributed by atoms with Crippen LogP contribution < -0.4 is 4.90 Å². The van der Waals surface area contributed by atoms with Gasteiger partial charge in [-0.15, -0.1) is 0 Å². The molecule has 41 heavy (non-hydrogen) atoms. The lowest BCUT2D eigenvalue weighted by Gasteiger charge is -2.31. The molecule has 3 heterocycles. The number of thiazole rings is 1. The molecule has 0 spiro atoms. The number of anilines is 1. The zero-order valence-corrected chi connectivity index (χ0v) is 24.6. The molecule has 4 fully saturated rings. The molecular formula is C31H29Cl2N3O4S. The second-order valence-electron chi connectivity index (χ2n) is 12.0. The van der Waals surface area contributed by atoms with Crippen molar-refractivity contribution in [3.8, 4) is 11.3 Å². The Morgan fingerprint density at radius 1 is 1.12 bits per heavy atom. The Bertz CT molecular complexity index is 1660. The van der Waals surface area contributed by atoms with E-state index >= 15 is 0 Å². The topological polar surface area (TPSA) is 88.7 Å². The normalized spacial score (nSPS) is 24.0. The van der Waals surface area contributed by atoms with E-state index in [1.807, 2.05) is 24.3 Å². The average molecular weight is 611 g/mol. The van der Waals surface area contributed by atoms with Crippen LogP contribution in [0.3, 0.4) is 0 Å². The number of rotatable bonds is 8. The largest absolute Gasteiger partial charge is 0.478 e. The van der Waals surface area contributed by atoms with Crippen LogP contribution in [0.25, 0.3) is 21.5 Å². The molecule has 3 saturated carbocycles. The van der Waals surface area contributed by atoms with Crippen molar-refractivity contribution in [2.45, 2.75) is 75.5 Å². The zero-order valence-electron chi connectivity index (χ0n) is 22.3. The summed E-state index contributed by atoms with van der Waals surface area (Å²) < 4.78 is 13.4. The number of carboxylic acid groups (broad SMARTS) is 1. The highest BCUT2D eigenvalue weighted by Crippen LogP contribution is 2.49. The van der Waals surface area contributed by atoms with Gasteiger partial charge in [-0.25, -0.2) is 9.78 Å². The van der Waals surface area contributed by atoms with E-state index in [0.717, 1.165) is 77.3 Å². The van der Waals surface area contributed by atoms with Gasteiger partial charge in [0, 0.05) is 35.5 Å². The Balaban J connectivity index is 1.01. The second-order valence-corrected chi connectivity index (χ2v) is 13.8. The number of benzene rings is 2. The van der Waals surface area contributed by atoms with Crippen molar-refractivity contribution in [2.24, 2.45) is 5.92 Å². The summed E-state index contributed by atoms with van der Waals surface area (Å²) in [4.78, 5) is 19.3. The summed E-state index contributed by atoms with van der Waals surface area (Å²) >= 11 is 14.7. The van der Waals surface area contributed by atoms with E-state index in [1.54, 1.807) is 17.4 Å². The van der Waals surface area contributed by atoms with Gasteiger partial charge >= 0.3 is 5.97 Å². The summed E-state index contributed by atoms with van der Waals surface area (Å²) in [5.41, 5.74) is 4.81. The number of piperidine rings is 1. The van der Waals surface area contributed by atoms with Gasteiger partial charge in [-0.05, 0) is 74.3 Å². The molecule has 1 saturated heterocycles. The first-order valence-electron chi connectivity index (χ1n) is 14.4. The molecule has 212 valence electrons. The number of carboxylic acids is 1. The Hall–Kier alpha value is -2.65. The van der Waals surface area contributed by atoms with E-state index in [-0.39, 0.29) is 6.10 Å². The third kappa shape index (κ3) is 4.46. The van der Waals surface area contributed by atoms with Crippen LogP contribution in [0.5, 0.6) is 0 Å². The minimum absolute atomic E-state index is 0.145. The summed E-state index contributed by atoms with van der Waals surface area (Å²) in [6.07, 6.45) is 7.75. The Morgan fingerprint density at radius 3 is 2.59 bits per heavy atom. The van der Waals surface area contributed by atoms with Gasteiger partial charge in [0.05, 0.1) is 38.5 Å². The Labute approximate surface area is 251 Å². The van der Waals surface area contributed by atoms with Crippen molar-refractivity contribution < 1.29 is 19.2 Å². The van der Waals surface area contributed by atoms with Crippen molar-refractivity contribution in [2.75, 3.05) is 11.4 Å². The average Bonchev–Trinajstić information content (AvgIpc) is 3.25. The predicted octanol–water partition coefficient (Wildman–Crippen LogP) is 8.29. The molecule has 0 unspecified atom stereocenters. The molecule has 1 N–H and O–H groups in total. The van der Waals surface area contributed by atoms with Gasteiger partial charge in [-0.3, -0.25) is 0 Å². The molecule has 1 aliphatic heterocycles. The fourth-order valence-corrected chi connectivity index (χ4v) is 8.60. The number of fused-ring (bicyclic) bond motifs is 3. The van der Waals surface area contributed by atoms with Gasteiger partial charge in [0.2, 0.25) is 0 Å². The van der Waals surface area contributed by atoms with Crippen LogP contribution in [0.2, 0.25) is 10.0 Å². The second kappa shape index (κ2) is 9.97. The van der Waals surface area contributed by atoms with Crippen molar-refractivity contribution in [1.29, 1.82) is 0 Å². The standard InChI is InChI=1S/C31H29Cl2N3O4S/c32-22-5-2-6-23(33)26(22)28-21(29(40-35-28)16-7-8-16)14-39-24-12-19-9-18(24)13-36(19)31-34-27-20(15-3-1-4-15)10-17(30(37)38)11-25(27)41-31/h2,5-6,10-11,15-16,18-19,24H,1,3-4,7-9,12-14H2,(H,37,38)/t18-,19-,24+/m0/s1. The van der Waals surface area contributed by atoms with Gasteiger partial charge in [0.1, 0.15) is 11.5 Å². The quantitative estimate of drug-likeness (QED) is 0.215. The highest BCUT2D eigenvalue weighted by molar-refractivity contribution is 7.22. The van der Waals surface area contributed by atoms with Crippen LogP contribution >= 0.6 is 34.5 Å². The van der Waals surface area contributed by atoms with E-state index in [0.29, 0.717) is 57.3 Å². The zero-order chi connectivity index (χ0) is 27.8. The number of carbonyl (C=O) groups is 1. The Kier molecular flexibility index (Phi) is 6.33. The van der Waals surface area contributed by atoms with E-state index in [4.69, 9.17) is 37.4 Å². The van der Waals surface area contributed by atoms with Crippen molar-refractivity contribution in [3.05, 3.63) is 62.8 Å². The predicted molar refractivity (Wildman–Crippen MR) is 160 cm³/mol. The maximum absolute atomic E-state index is 11.8. The van der Waals surface area contributed by atoms with Crippen LogP contribution in [0, 0.1) is 5.92 Å². The molecule has 2 bridgehead atoms. The first-order chi connectivity index (χ1) is 19.9. The number of aromatic carboxylic acids is 1. The molecule has 10 heteroatoms. The monoisotopic (exact) mass is 609 g/mol. The minimum atomic E-state index is -0.875. The highest BCUT2D eigenvalue weighted by atomic mass is 35.5. The minimum Gasteiger partial charge on any atom is -0.478 e. The van der Waals surface area contributed by atoms with Gasteiger partial charge in [-0.2, -0.15) is 0 Å². The van der Waals surface area contributed by atoms with E-state index in [9.17, 15) is 9.90 Å². The summed E-state index contributed by atoms with van der Waals surface area (Å²) in [6.45, 7) is 1.31. The fourth-order valence-electron chi connectivity index (χ4n) is 6.90. The number of halogens is 2. The SMILES string of the molecule is O=C(O)c1cc(C2CCC2)c2nc(N3C[C@@H]4C[C@H]3C[C@H]4OCc3c(-c4c(Cl)cccc4Cl)noc3C3CC3)sc2c1. The smallest absolute Gasteiger partial charge is 0.335 e. The van der Waals surface area contributed by atoms with Crippen molar-refractivity contribution >= 4 is 55.9 Å². The highest BCUT2D eigenvalue weighted by Gasteiger charge is 2.47. The van der Waals surface area contributed by atoms with Crippen LogP contribution in [-0.4, -0.2) is 39.9 Å². The van der Waals surface area contributed by atoms with E-state index < -0.39 is 5.97 Å². The van der Waals surface area contributed by atoms with Gasteiger partial charge in [-0.1, -0.05) is 52.2 Å². The van der Waals surface area contributed by atoms with E-state index in [1.165, 1.54) is 6.42 Å². The molecule has 3 aliphatic carbocycles. The fraction of sp³-hybridized carbons (Fsp3) is 0.452. The van der Waals surface area contributed by atoms with E-state index in [2.05, 4.69) is 10.1 Å². The molecule has 4 aliphatic rings. The summed E-state index contributed by atoms with van der Waals surface area (Å²) in [5.74, 6) is 1.24. The number of hydrogen-bond donors (Lipinski definition) is 1. The number of ether oxygens (including phenoxy) is 1. The lowest BCUT2D eigenvalue weighted by atomic mass is 9.79. The molecular weight excluding hydrogens is 581 g/mol. The maximum atomic E-state index is 11.8. The van der Waals surface area contributed by atoms with Crippen LogP contribution in [0.15, 0.2) is 34.9 Å². The third-order valence-corrected chi connectivity index (χ3v) is 11.1. The van der Waals surface area contributed by atoms with Gasteiger partial charge < -0.3 is 19.3 Å². The van der Waals surface area contributed by atoms with Crippen LogP contribution in [0.4, 0.5) is 5.13 Å². The number of aromatic nitrogens is 2. The van der Waals surface area contributed by atoms with Crippen LogP contribution in [-0.2, 0) is 11.3 Å². The molecule has 0 amide bonds. The lowest BCUT2D eigenvalue weighted by molar-refractivity contribution is 0.0122. The number of nitrogens with zero attached hydrogens (tertiary/aromatic N) is 3. The molecule has 0 radical (unpaired) electrons. The van der Waals surface area contributed by atoms with Gasteiger partial charge in [0.15, 0.2) is 5.13 Å². The molecule has 7 nitrogen and oxygen atoms in total. The van der Waals surface area contributed by atoms with Gasteiger partial charge in [0.25, 0.3) is 0 Å².